The highest BCUT2D eigenvalue weighted by atomic mass is 31.2. The van der Waals surface area contributed by atoms with Crippen LogP contribution in [0, 0.1) is 0 Å². The molecule has 1 saturated carbocycles. The average molecular weight is 310 g/mol. The quantitative estimate of drug-likeness (QED) is 0.569. The van der Waals surface area contributed by atoms with Crippen molar-refractivity contribution in [2.75, 3.05) is 19.1 Å². The maximum absolute atomic E-state index is 12.9. The molecule has 1 aliphatic rings. The summed E-state index contributed by atoms with van der Waals surface area (Å²) in [4.78, 5) is 9.72. The average Bonchev–Trinajstić information content (AvgIpc) is 2.28. The molecule has 2 unspecified atom stereocenters. The van der Waals surface area contributed by atoms with Crippen LogP contribution >= 0.6 is 15.0 Å². The molecule has 0 radical (unpaired) electrons. The Kier molecular flexibility index (Phi) is 6.49. The van der Waals surface area contributed by atoms with Gasteiger partial charge < -0.3 is 13.9 Å². The molecular weight excluding hydrogens is 286 g/mol. The van der Waals surface area contributed by atoms with Crippen molar-refractivity contribution in [1.29, 1.82) is 0 Å². The van der Waals surface area contributed by atoms with Crippen LogP contribution in [0.1, 0.15) is 39.5 Å². The second kappa shape index (κ2) is 7.19. The molecule has 5 nitrogen and oxygen atoms in total. The summed E-state index contributed by atoms with van der Waals surface area (Å²) in [5, 5.41) is 0. The van der Waals surface area contributed by atoms with Crippen molar-refractivity contribution in [2.24, 2.45) is 0 Å². The molecule has 1 aliphatic carbocycles. The van der Waals surface area contributed by atoms with Crippen LogP contribution in [0.3, 0.4) is 0 Å². The summed E-state index contributed by atoms with van der Waals surface area (Å²) in [6.07, 6.45) is 3.04. The maximum Gasteiger partial charge on any atom is 0.337 e. The van der Waals surface area contributed by atoms with E-state index in [0.717, 1.165) is 18.4 Å². The Labute approximate surface area is 115 Å². The Morgan fingerprint density at radius 2 is 1.74 bits per heavy atom. The lowest BCUT2D eigenvalue weighted by atomic mass is 9.96. The Morgan fingerprint density at radius 3 is 2.21 bits per heavy atom. The third-order valence-electron chi connectivity index (χ3n) is 3.27. The zero-order valence-corrected chi connectivity index (χ0v) is 13.5. The first-order chi connectivity index (χ1) is 8.83. The van der Waals surface area contributed by atoms with E-state index >= 15 is 0 Å². The standard InChI is InChI=1S/C12H24O5P2/c1-4-16-18(13,10-19(14,15)17-5-2)12-8-6-11(3)7-9-12/h12H,3-10H2,1-2H3,(H,14,15). The van der Waals surface area contributed by atoms with E-state index in [1.165, 1.54) is 0 Å². The Morgan fingerprint density at radius 1 is 1.21 bits per heavy atom. The summed E-state index contributed by atoms with van der Waals surface area (Å²) in [6.45, 7) is 7.71. The molecule has 0 heterocycles. The molecule has 7 heteroatoms. The van der Waals surface area contributed by atoms with Crippen LogP contribution in [0.2, 0.25) is 0 Å². The van der Waals surface area contributed by atoms with Crippen LogP contribution in [-0.4, -0.2) is 29.7 Å². The lowest BCUT2D eigenvalue weighted by molar-refractivity contribution is 0.273. The van der Waals surface area contributed by atoms with E-state index in [0.29, 0.717) is 12.8 Å². The Hall–Kier alpha value is 0.0800. The normalized spacial score (nSPS) is 23.8. The molecule has 0 amide bonds. The van der Waals surface area contributed by atoms with E-state index in [1.807, 2.05) is 0 Å². The number of hydrogen-bond acceptors (Lipinski definition) is 4. The summed E-state index contributed by atoms with van der Waals surface area (Å²) in [5.41, 5.74) is 0.996. The van der Waals surface area contributed by atoms with Gasteiger partial charge in [-0.1, -0.05) is 12.2 Å². The van der Waals surface area contributed by atoms with E-state index in [9.17, 15) is 14.0 Å². The van der Waals surface area contributed by atoms with Gasteiger partial charge >= 0.3 is 7.60 Å². The van der Waals surface area contributed by atoms with Crippen molar-refractivity contribution in [1.82, 2.24) is 0 Å². The first-order valence-electron chi connectivity index (χ1n) is 6.69. The topological polar surface area (TPSA) is 72.8 Å². The first kappa shape index (κ1) is 17.1. The maximum atomic E-state index is 12.9. The van der Waals surface area contributed by atoms with E-state index in [4.69, 9.17) is 9.05 Å². The van der Waals surface area contributed by atoms with Crippen LogP contribution < -0.4 is 0 Å². The number of hydrogen-bond donors (Lipinski definition) is 1. The van der Waals surface area contributed by atoms with Crippen LogP contribution in [0.5, 0.6) is 0 Å². The highest BCUT2D eigenvalue weighted by molar-refractivity contribution is 7.73. The minimum atomic E-state index is -3.84. The van der Waals surface area contributed by atoms with Gasteiger partial charge in [-0.25, -0.2) is 0 Å². The smallest absolute Gasteiger partial charge is 0.328 e. The summed E-state index contributed by atoms with van der Waals surface area (Å²) in [5.74, 6) is -0.376. The van der Waals surface area contributed by atoms with Gasteiger partial charge in [0.2, 0.25) is 7.37 Å². The SMILES string of the molecule is C=C1CCC(P(=O)(CP(=O)(O)OCC)OCC)CC1. The van der Waals surface area contributed by atoms with Gasteiger partial charge in [-0.3, -0.25) is 9.13 Å². The molecule has 0 aromatic rings. The predicted octanol–water partition coefficient (Wildman–Crippen LogP) is 3.98. The first-order valence-corrected chi connectivity index (χ1v) is 10.3. The Balaban J connectivity index is 2.81. The van der Waals surface area contributed by atoms with Gasteiger partial charge in [-0.2, -0.15) is 0 Å². The number of allylic oxidation sites excluding steroid dienone is 1. The van der Waals surface area contributed by atoms with E-state index in [-0.39, 0.29) is 24.8 Å². The van der Waals surface area contributed by atoms with Gasteiger partial charge in [0, 0.05) is 5.66 Å². The minimum absolute atomic E-state index is 0.126. The zero-order chi connectivity index (χ0) is 14.5. The van der Waals surface area contributed by atoms with Gasteiger partial charge in [0.05, 0.1) is 13.2 Å². The molecule has 0 aromatic heterocycles. The molecule has 1 fully saturated rings. The second-order valence-corrected chi connectivity index (χ2v) is 9.93. The van der Waals surface area contributed by atoms with Crippen molar-refractivity contribution in [2.45, 2.75) is 45.2 Å². The molecule has 0 saturated heterocycles. The summed E-state index contributed by atoms with van der Waals surface area (Å²) >= 11 is 0. The summed E-state index contributed by atoms with van der Waals surface area (Å²) < 4.78 is 35.0. The molecule has 112 valence electrons. The minimum Gasteiger partial charge on any atom is -0.328 e. The van der Waals surface area contributed by atoms with Crippen molar-refractivity contribution >= 4 is 15.0 Å². The molecule has 19 heavy (non-hydrogen) atoms. The number of rotatable bonds is 7. The molecular formula is C12H24O5P2. The van der Waals surface area contributed by atoms with Crippen LogP contribution in [-0.2, 0) is 18.2 Å². The summed E-state index contributed by atoms with van der Waals surface area (Å²) in [6, 6.07) is 0. The Bertz CT molecular complexity index is 397. The monoisotopic (exact) mass is 310 g/mol. The van der Waals surface area contributed by atoms with E-state index < -0.39 is 15.0 Å². The molecule has 1 N–H and O–H groups in total. The lowest BCUT2D eigenvalue weighted by Gasteiger charge is -2.31. The molecule has 0 bridgehead atoms. The molecule has 1 rings (SSSR count). The fraction of sp³-hybridized carbons (Fsp3) is 0.833. The summed E-state index contributed by atoms with van der Waals surface area (Å²) in [7, 11) is -6.99. The largest absolute Gasteiger partial charge is 0.337 e. The fourth-order valence-corrected chi connectivity index (χ4v) is 8.04. The third-order valence-corrected chi connectivity index (χ3v) is 9.27. The van der Waals surface area contributed by atoms with Gasteiger partial charge in [0.1, 0.15) is 5.90 Å². The molecule has 0 aromatic carbocycles. The van der Waals surface area contributed by atoms with Crippen LogP contribution in [0.15, 0.2) is 12.2 Å². The van der Waals surface area contributed by atoms with Crippen molar-refractivity contribution < 1.29 is 23.1 Å². The van der Waals surface area contributed by atoms with Gasteiger partial charge in [-0.15, -0.1) is 0 Å². The third kappa shape index (κ3) is 5.17. The molecule has 2 atom stereocenters. The van der Waals surface area contributed by atoms with Crippen molar-refractivity contribution in [3.05, 3.63) is 12.2 Å². The van der Waals surface area contributed by atoms with E-state index in [2.05, 4.69) is 6.58 Å². The van der Waals surface area contributed by atoms with Crippen LogP contribution in [0.4, 0.5) is 0 Å². The van der Waals surface area contributed by atoms with Gasteiger partial charge in [-0.05, 0) is 39.5 Å². The fourth-order valence-electron chi connectivity index (χ4n) is 2.38. The molecule has 0 aliphatic heterocycles. The van der Waals surface area contributed by atoms with Crippen molar-refractivity contribution in [3.63, 3.8) is 0 Å². The highest BCUT2D eigenvalue weighted by Gasteiger charge is 2.41. The van der Waals surface area contributed by atoms with E-state index in [1.54, 1.807) is 13.8 Å². The van der Waals surface area contributed by atoms with Gasteiger partial charge in [0.15, 0.2) is 0 Å². The predicted molar refractivity (Wildman–Crippen MR) is 76.9 cm³/mol. The lowest BCUT2D eigenvalue weighted by Crippen LogP contribution is -2.18. The van der Waals surface area contributed by atoms with Crippen LogP contribution in [0.25, 0.3) is 0 Å². The zero-order valence-electron chi connectivity index (χ0n) is 11.7. The van der Waals surface area contributed by atoms with Gasteiger partial charge in [0.25, 0.3) is 0 Å². The molecule has 0 spiro atoms. The highest BCUT2D eigenvalue weighted by Crippen LogP contribution is 2.65. The second-order valence-electron chi connectivity index (χ2n) is 4.82. The van der Waals surface area contributed by atoms with Crippen molar-refractivity contribution in [3.8, 4) is 0 Å².